The number of hydrogen-bond acceptors (Lipinski definition) is 6. The Morgan fingerprint density at radius 3 is 1.57 bits per heavy atom. The van der Waals surface area contributed by atoms with Crippen molar-refractivity contribution in [2.45, 2.75) is 44.3 Å². The van der Waals surface area contributed by atoms with E-state index in [1.165, 1.54) is 12.1 Å². The molecule has 0 heterocycles. The van der Waals surface area contributed by atoms with Gasteiger partial charge in [-0.1, -0.05) is 110 Å². The molecule has 218 valence electrons. The molecule has 0 aliphatic heterocycles. The number of benzene rings is 4. The summed E-state index contributed by atoms with van der Waals surface area (Å²) in [4.78, 5) is 37.5. The molecule has 0 aliphatic carbocycles. The molecule has 2 unspecified atom stereocenters. The van der Waals surface area contributed by atoms with Crippen LogP contribution in [0.5, 0.6) is 5.75 Å². The quantitative estimate of drug-likeness (QED) is 0.0915. The molecule has 2 N–H and O–H groups in total. The van der Waals surface area contributed by atoms with Crippen molar-refractivity contribution in [1.29, 1.82) is 0 Å². The molecule has 4 rings (SSSR count). The first-order valence-electron chi connectivity index (χ1n) is 13.9. The van der Waals surface area contributed by atoms with E-state index in [2.05, 4.69) is 0 Å². The fourth-order valence-electron chi connectivity index (χ4n) is 4.76. The van der Waals surface area contributed by atoms with Crippen LogP contribution in [0.25, 0.3) is 0 Å². The lowest BCUT2D eigenvalue weighted by Crippen LogP contribution is -2.28. The van der Waals surface area contributed by atoms with E-state index in [1.54, 1.807) is 24.3 Å². The highest BCUT2D eigenvalue weighted by molar-refractivity contribution is 7.57. The second-order valence-corrected chi connectivity index (χ2v) is 12.6. The molecule has 42 heavy (non-hydrogen) atoms. The van der Waals surface area contributed by atoms with E-state index < -0.39 is 30.9 Å². The average molecular weight is 587 g/mol. The zero-order chi connectivity index (χ0) is 29.8. The maximum absolute atomic E-state index is 13.7. The highest BCUT2D eigenvalue weighted by atomic mass is 31.2. The van der Waals surface area contributed by atoms with Crippen LogP contribution in [0, 0.1) is 5.92 Å². The van der Waals surface area contributed by atoms with Crippen molar-refractivity contribution in [2.24, 2.45) is 5.92 Å². The number of phenols is 1. The summed E-state index contributed by atoms with van der Waals surface area (Å²) >= 11 is 0. The third kappa shape index (κ3) is 9.16. The van der Waals surface area contributed by atoms with E-state index in [1.807, 2.05) is 78.9 Å². The number of esters is 2. The molecule has 0 aliphatic rings. The minimum Gasteiger partial charge on any atom is -0.508 e. The summed E-state index contributed by atoms with van der Waals surface area (Å²) in [6, 6.07) is 33.7. The second-order valence-electron chi connectivity index (χ2n) is 10.2. The first-order valence-corrected chi connectivity index (χ1v) is 15.8. The third-order valence-electron chi connectivity index (χ3n) is 7.00. The topological polar surface area (TPSA) is 110 Å². The lowest BCUT2D eigenvalue weighted by Gasteiger charge is -2.24. The van der Waals surface area contributed by atoms with Crippen molar-refractivity contribution >= 4 is 19.3 Å². The normalized spacial score (nSPS) is 13.2. The van der Waals surface area contributed by atoms with Gasteiger partial charge in [-0.25, -0.2) is 0 Å². The molecule has 0 saturated heterocycles. The van der Waals surface area contributed by atoms with Gasteiger partial charge in [0.25, 0.3) is 0 Å². The van der Waals surface area contributed by atoms with Crippen LogP contribution in [0.15, 0.2) is 115 Å². The van der Waals surface area contributed by atoms with Crippen LogP contribution >= 0.6 is 7.37 Å². The molecule has 8 heteroatoms. The van der Waals surface area contributed by atoms with Gasteiger partial charge in [0, 0.05) is 0 Å². The van der Waals surface area contributed by atoms with Gasteiger partial charge in [0.15, 0.2) is 5.92 Å². The molecule has 0 saturated carbocycles. The first-order chi connectivity index (χ1) is 20.3. The standard InChI is InChI=1S/C34H35O7P/c35-30-21-19-29(20-22-30)32(42(38,39)25-28-15-8-3-9-16-28)18-10-17-31(33(36)40-23-26-11-4-1-5-12-26)34(37)41-24-27-13-6-2-7-14-27/h1-9,11-16,19-22,31-32,35H,10,17-18,23-25H2,(H,38,39). The number of phenolic OH excluding ortho intramolecular Hbond substituents is 1. The molecule has 0 aromatic heterocycles. The Hall–Kier alpha value is -4.19. The van der Waals surface area contributed by atoms with Crippen LogP contribution in [0.4, 0.5) is 0 Å². The van der Waals surface area contributed by atoms with Crippen LogP contribution in [0.1, 0.15) is 47.2 Å². The highest BCUT2D eigenvalue weighted by Gasteiger charge is 2.34. The van der Waals surface area contributed by atoms with Crippen LogP contribution < -0.4 is 0 Å². The van der Waals surface area contributed by atoms with Crippen LogP contribution in [0.2, 0.25) is 0 Å². The predicted octanol–water partition coefficient (Wildman–Crippen LogP) is 7.18. The number of hydrogen-bond donors (Lipinski definition) is 2. The zero-order valence-electron chi connectivity index (χ0n) is 23.2. The van der Waals surface area contributed by atoms with Gasteiger partial charge in [-0.15, -0.1) is 0 Å². The molecule has 4 aromatic rings. The molecular formula is C34H35O7P. The summed E-state index contributed by atoms with van der Waals surface area (Å²) in [7, 11) is -3.79. The number of carbonyl (C=O) groups is 2. The minimum absolute atomic E-state index is 0.0151. The van der Waals surface area contributed by atoms with Gasteiger partial charge in [-0.2, -0.15) is 0 Å². The van der Waals surface area contributed by atoms with Crippen molar-refractivity contribution < 1.29 is 33.6 Å². The summed E-state index contributed by atoms with van der Waals surface area (Å²) < 4.78 is 24.7. The van der Waals surface area contributed by atoms with Gasteiger partial charge < -0.3 is 19.5 Å². The average Bonchev–Trinajstić information content (AvgIpc) is 3.00. The molecular weight excluding hydrogens is 551 g/mol. The number of rotatable bonds is 14. The maximum Gasteiger partial charge on any atom is 0.320 e. The smallest absolute Gasteiger partial charge is 0.320 e. The van der Waals surface area contributed by atoms with E-state index in [9.17, 15) is 24.2 Å². The Morgan fingerprint density at radius 2 is 1.10 bits per heavy atom. The van der Waals surface area contributed by atoms with E-state index in [0.29, 0.717) is 5.56 Å². The fraction of sp³-hybridized carbons (Fsp3) is 0.235. The number of aromatic hydroxyl groups is 1. The Morgan fingerprint density at radius 1 is 0.643 bits per heavy atom. The lowest BCUT2D eigenvalue weighted by molar-refractivity contribution is -0.164. The molecule has 4 aromatic carbocycles. The molecule has 0 spiro atoms. The summed E-state index contributed by atoms with van der Waals surface area (Å²) in [6.45, 7) is 0.0301. The van der Waals surface area contributed by atoms with Crippen LogP contribution in [0.3, 0.4) is 0 Å². The maximum atomic E-state index is 13.7. The number of carbonyl (C=O) groups excluding carboxylic acids is 2. The van der Waals surface area contributed by atoms with Crippen LogP contribution in [-0.2, 0) is 43.0 Å². The number of ether oxygens (including phenoxy) is 2. The highest BCUT2D eigenvalue weighted by Crippen LogP contribution is 2.60. The molecule has 0 fully saturated rings. The third-order valence-corrected chi connectivity index (χ3v) is 9.35. The Labute approximate surface area is 246 Å². The first kappa shape index (κ1) is 30.8. The summed E-state index contributed by atoms with van der Waals surface area (Å²) in [5, 5.41) is 9.78. The largest absolute Gasteiger partial charge is 0.508 e. The van der Waals surface area contributed by atoms with Gasteiger partial charge in [0.2, 0.25) is 7.37 Å². The minimum atomic E-state index is -3.79. The van der Waals surface area contributed by atoms with Crippen molar-refractivity contribution in [1.82, 2.24) is 0 Å². The van der Waals surface area contributed by atoms with Gasteiger partial charge in [-0.05, 0) is 47.2 Å². The molecule has 0 amide bonds. The van der Waals surface area contributed by atoms with Gasteiger partial charge >= 0.3 is 11.9 Å². The van der Waals surface area contributed by atoms with E-state index in [-0.39, 0.29) is 44.4 Å². The van der Waals surface area contributed by atoms with E-state index >= 15 is 0 Å². The molecule has 2 atom stereocenters. The van der Waals surface area contributed by atoms with Crippen LogP contribution in [-0.4, -0.2) is 21.9 Å². The summed E-state index contributed by atoms with van der Waals surface area (Å²) in [6.07, 6.45) is 0.582. The van der Waals surface area contributed by atoms with Gasteiger partial charge in [0.05, 0.1) is 11.8 Å². The lowest BCUT2D eigenvalue weighted by atomic mass is 9.99. The van der Waals surface area contributed by atoms with E-state index in [4.69, 9.17) is 9.47 Å². The van der Waals surface area contributed by atoms with E-state index in [0.717, 1.165) is 16.7 Å². The molecule has 0 bridgehead atoms. The Bertz CT molecular complexity index is 1400. The SMILES string of the molecule is O=C(OCc1ccccc1)C(CCCC(c1ccc(O)cc1)P(=O)(O)Cc1ccccc1)C(=O)OCc1ccccc1. The summed E-state index contributed by atoms with van der Waals surface area (Å²) in [5.74, 6) is -2.54. The van der Waals surface area contributed by atoms with Crippen molar-refractivity contribution in [3.8, 4) is 5.75 Å². The van der Waals surface area contributed by atoms with Crippen molar-refractivity contribution in [3.05, 3.63) is 138 Å². The Balaban J connectivity index is 1.48. The zero-order valence-corrected chi connectivity index (χ0v) is 24.1. The van der Waals surface area contributed by atoms with Gasteiger partial charge in [0.1, 0.15) is 19.0 Å². The fourth-order valence-corrected chi connectivity index (χ4v) is 6.94. The van der Waals surface area contributed by atoms with Gasteiger partial charge in [-0.3, -0.25) is 14.2 Å². The predicted molar refractivity (Wildman–Crippen MR) is 161 cm³/mol. The van der Waals surface area contributed by atoms with Crippen molar-refractivity contribution in [2.75, 3.05) is 0 Å². The molecule has 0 radical (unpaired) electrons. The van der Waals surface area contributed by atoms with Crippen molar-refractivity contribution in [3.63, 3.8) is 0 Å². The monoisotopic (exact) mass is 586 g/mol. The molecule has 7 nitrogen and oxygen atoms in total. The summed E-state index contributed by atoms with van der Waals surface area (Å²) in [5.41, 5.74) is 2.15. The Kier molecular flexibility index (Phi) is 11.1. The second kappa shape index (κ2) is 15.2.